The van der Waals surface area contributed by atoms with Crippen LogP contribution in [0.25, 0.3) is 0 Å². The second-order valence-electron chi connectivity index (χ2n) is 3.12. The number of hydrogen-bond donors (Lipinski definition) is 1. The lowest BCUT2D eigenvalue weighted by Crippen LogP contribution is -2.38. The first-order chi connectivity index (χ1) is 7.61. The number of likely N-dealkylation sites (tertiary alicyclic amines) is 1. The number of amides is 1. The average molecular weight is 231 g/mol. The molecule has 1 rings (SSSR count). The molecule has 0 saturated carbocycles. The van der Waals surface area contributed by atoms with Crippen LogP contribution < -0.4 is 0 Å². The van der Waals surface area contributed by atoms with Gasteiger partial charge < -0.3 is 10.0 Å². The number of carboxylic acids is 1. The van der Waals surface area contributed by atoms with Gasteiger partial charge >= 0.3 is 5.97 Å². The topological polar surface area (TPSA) is 57.6 Å². The Bertz CT molecular complexity index is 174. The number of piperidine rings is 1. The maximum Gasteiger partial charge on any atom is 0.306 e. The quantitative estimate of drug-likeness (QED) is 0.753. The molecule has 16 heavy (non-hydrogen) atoms. The molecular weight excluding hydrogens is 206 g/mol. The molecule has 1 saturated heterocycles. The Labute approximate surface area is 98.6 Å². The van der Waals surface area contributed by atoms with E-state index in [1.54, 1.807) is 4.90 Å². The van der Waals surface area contributed by atoms with Crippen molar-refractivity contribution in [2.45, 2.75) is 47.5 Å². The van der Waals surface area contributed by atoms with E-state index in [1.165, 1.54) is 6.92 Å². The highest BCUT2D eigenvalue weighted by Gasteiger charge is 2.25. The molecule has 0 aromatic rings. The van der Waals surface area contributed by atoms with E-state index in [4.69, 9.17) is 5.11 Å². The van der Waals surface area contributed by atoms with Crippen LogP contribution in [0.4, 0.5) is 0 Å². The van der Waals surface area contributed by atoms with Crippen LogP contribution in [-0.4, -0.2) is 35.0 Å². The highest BCUT2D eigenvalue weighted by molar-refractivity contribution is 5.74. The lowest BCUT2D eigenvalue weighted by atomic mass is 9.97. The zero-order chi connectivity index (χ0) is 13.1. The van der Waals surface area contributed by atoms with E-state index in [2.05, 4.69) is 0 Å². The summed E-state index contributed by atoms with van der Waals surface area (Å²) in [5.74, 6) is -0.947. The molecule has 0 aliphatic carbocycles. The molecule has 1 fully saturated rings. The van der Waals surface area contributed by atoms with Crippen molar-refractivity contribution in [1.82, 2.24) is 4.90 Å². The van der Waals surface area contributed by atoms with E-state index in [0.717, 1.165) is 0 Å². The predicted molar refractivity (Wildman–Crippen MR) is 65.3 cm³/mol. The summed E-state index contributed by atoms with van der Waals surface area (Å²) in [5, 5.41) is 8.66. The third kappa shape index (κ3) is 6.43. The van der Waals surface area contributed by atoms with E-state index in [1.807, 2.05) is 27.7 Å². The fraction of sp³-hybridized carbons (Fsp3) is 0.833. The summed E-state index contributed by atoms with van der Waals surface area (Å²) in [5.41, 5.74) is 0. The molecule has 96 valence electrons. The highest BCUT2D eigenvalue weighted by atomic mass is 16.4. The van der Waals surface area contributed by atoms with Crippen molar-refractivity contribution in [2.24, 2.45) is 5.92 Å². The Kier molecular flexibility index (Phi) is 11.3. The molecule has 1 amide bonds. The molecule has 0 unspecified atom stereocenters. The lowest BCUT2D eigenvalue weighted by molar-refractivity contribution is -0.145. The summed E-state index contributed by atoms with van der Waals surface area (Å²) in [7, 11) is 0. The summed E-state index contributed by atoms with van der Waals surface area (Å²) < 4.78 is 0. The minimum atomic E-state index is -0.738. The molecular formula is C12H25NO3. The molecule has 1 aliphatic heterocycles. The van der Waals surface area contributed by atoms with Gasteiger partial charge in [-0.2, -0.15) is 0 Å². The zero-order valence-corrected chi connectivity index (χ0v) is 11.1. The Hall–Kier alpha value is -1.06. The summed E-state index contributed by atoms with van der Waals surface area (Å²) in [6, 6.07) is 0. The van der Waals surface area contributed by atoms with Gasteiger partial charge in [0.2, 0.25) is 5.91 Å². The first-order valence-electron chi connectivity index (χ1n) is 6.09. The molecule has 0 atom stereocenters. The molecule has 0 bridgehead atoms. The Morgan fingerprint density at radius 2 is 1.44 bits per heavy atom. The van der Waals surface area contributed by atoms with E-state index >= 15 is 0 Å². The SMILES string of the molecule is CC.CC.CC(=O)N1CCC(C(=O)O)CC1. The summed E-state index contributed by atoms with van der Waals surface area (Å²) >= 11 is 0. The van der Waals surface area contributed by atoms with Gasteiger partial charge in [-0.05, 0) is 12.8 Å². The van der Waals surface area contributed by atoms with Gasteiger partial charge in [0.15, 0.2) is 0 Å². The smallest absolute Gasteiger partial charge is 0.306 e. The van der Waals surface area contributed by atoms with Crippen LogP contribution in [0.2, 0.25) is 0 Å². The summed E-state index contributed by atoms with van der Waals surface area (Å²) in [6.45, 7) is 10.7. The summed E-state index contributed by atoms with van der Waals surface area (Å²) in [6.07, 6.45) is 1.18. The largest absolute Gasteiger partial charge is 0.481 e. The van der Waals surface area contributed by atoms with Crippen LogP contribution in [-0.2, 0) is 9.59 Å². The Morgan fingerprint density at radius 3 is 1.69 bits per heavy atom. The second kappa shape index (κ2) is 10.5. The van der Waals surface area contributed by atoms with Crippen molar-refractivity contribution >= 4 is 11.9 Å². The minimum Gasteiger partial charge on any atom is -0.481 e. The molecule has 0 spiro atoms. The minimum absolute atomic E-state index is 0.0406. The number of nitrogens with zero attached hydrogens (tertiary/aromatic N) is 1. The third-order valence-electron chi connectivity index (χ3n) is 2.29. The number of carbonyl (C=O) groups excluding carboxylic acids is 1. The number of rotatable bonds is 1. The molecule has 0 radical (unpaired) electrons. The first-order valence-corrected chi connectivity index (χ1v) is 6.09. The van der Waals surface area contributed by atoms with Gasteiger partial charge in [-0.15, -0.1) is 0 Å². The molecule has 4 nitrogen and oxygen atoms in total. The van der Waals surface area contributed by atoms with Gasteiger partial charge in [-0.1, -0.05) is 27.7 Å². The maximum atomic E-state index is 10.9. The highest BCUT2D eigenvalue weighted by Crippen LogP contribution is 2.16. The maximum absolute atomic E-state index is 10.9. The van der Waals surface area contributed by atoms with Crippen molar-refractivity contribution in [2.75, 3.05) is 13.1 Å². The van der Waals surface area contributed by atoms with Gasteiger partial charge in [0.25, 0.3) is 0 Å². The van der Waals surface area contributed by atoms with Gasteiger partial charge in [0.05, 0.1) is 5.92 Å². The molecule has 1 aliphatic rings. The normalized spacial score (nSPS) is 15.2. The Balaban J connectivity index is 0. The second-order valence-corrected chi connectivity index (χ2v) is 3.12. The molecule has 1 N–H and O–H groups in total. The monoisotopic (exact) mass is 231 g/mol. The zero-order valence-electron chi connectivity index (χ0n) is 11.1. The lowest BCUT2D eigenvalue weighted by Gasteiger charge is -2.28. The number of carbonyl (C=O) groups is 2. The van der Waals surface area contributed by atoms with Crippen molar-refractivity contribution in [1.29, 1.82) is 0 Å². The van der Waals surface area contributed by atoms with Gasteiger partial charge in [-0.25, -0.2) is 0 Å². The van der Waals surface area contributed by atoms with Gasteiger partial charge in [0.1, 0.15) is 0 Å². The number of aliphatic carboxylic acids is 1. The average Bonchev–Trinajstić information content (AvgIpc) is 2.34. The van der Waals surface area contributed by atoms with E-state index in [0.29, 0.717) is 25.9 Å². The molecule has 0 aromatic carbocycles. The molecule has 4 heteroatoms. The fourth-order valence-electron chi connectivity index (χ4n) is 1.44. The van der Waals surface area contributed by atoms with Crippen molar-refractivity contribution in [3.8, 4) is 0 Å². The van der Waals surface area contributed by atoms with E-state index in [-0.39, 0.29) is 11.8 Å². The third-order valence-corrected chi connectivity index (χ3v) is 2.29. The van der Waals surface area contributed by atoms with Gasteiger partial charge in [-0.3, -0.25) is 9.59 Å². The standard InChI is InChI=1S/C8H13NO3.2C2H6/c1-6(10)9-4-2-7(3-5-9)8(11)12;2*1-2/h7H,2-5H2,1H3,(H,11,12);2*1-2H3. The van der Waals surface area contributed by atoms with Crippen LogP contribution in [0.5, 0.6) is 0 Å². The van der Waals surface area contributed by atoms with Crippen molar-refractivity contribution in [3.05, 3.63) is 0 Å². The van der Waals surface area contributed by atoms with Crippen LogP contribution in [0.1, 0.15) is 47.5 Å². The van der Waals surface area contributed by atoms with E-state index in [9.17, 15) is 9.59 Å². The Morgan fingerprint density at radius 1 is 1.06 bits per heavy atom. The van der Waals surface area contributed by atoms with Crippen LogP contribution >= 0.6 is 0 Å². The predicted octanol–water partition coefficient (Wildman–Crippen LogP) is 2.38. The van der Waals surface area contributed by atoms with Crippen LogP contribution in [0.15, 0.2) is 0 Å². The van der Waals surface area contributed by atoms with Crippen molar-refractivity contribution in [3.63, 3.8) is 0 Å². The fourth-order valence-corrected chi connectivity index (χ4v) is 1.44. The number of hydrogen-bond acceptors (Lipinski definition) is 2. The first kappa shape index (κ1) is 17.3. The summed E-state index contributed by atoms with van der Waals surface area (Å²) in [4.78, 5) is 23.1. The van der Waals surface area contributed by atoms with E-state index < -0.39 is 5.97 Å². The molecule has 0 aromatic heterocycles. The van der Waals surface area contributed by atoms with Crippen LogP contribution in [0, 0.1) is 5.92 Å². The number of carboxylic acid groups (broad SMARTS) is 1. The van der Waals surface area contributed by atoms with Crippen LogP contribution in [0.3, 0.4) is 0 Å². The molecule has 1 heterocycles. The van der Waals surface area contributed by atoms with Gasteiger partial charge in [0, 0.05) is 20.0 Å². The van der Waals surface area contributed by atoms with Crippen molar-refractivity contribution < 1.29 is 14.7 Å².